The Kier molecular flexibility index (Phi) is 3.96. The van der Waals surface area contributed by atoms with E-state index >= 15 is 0 Å². The maximum atomic E-state index is 13.1. The quantitative estimate of drug-likeness (QED) is 0.903. The summed E-state index contributed by atoms with van der Waals surface area (Å²) in [5, 5.41) is 2.41. The molecule has 0 radical (unpaired) electrons. The van der Waals surface area contributed by atoms with Gasteiger partial charge in [0.05, 0.1) is 5.56 Å². The second-order valence-electron chi connectivity index (χ2n) is 2.82. The molecule has 0 aliphatic rings. The van der Waals surface area contributed by atoms with Crippen LogP contribution in [-0.2, 0) is 0 Å². The molecule has 1 rings (SSSR count). The highest BCUT2D eigenvalue weighted by atomic mass is 79.9. The lowest BCUT2D eigenvalue weighted by Gasteiger charge is -2.04. The zero-order valence-electron chi connectivity index (χ0n) is 7.69. The van der Waals surface area contributed by atoms with Gasteiger partial charge in [0, 0.05) is 17.1 Å². The number of nitrogens with one attached hydrogen (secondary N) is 1. The lowest BCUT2D eigenvalue weighted by atomic mass is 10.2. The summed E-state index contributed by atoms with van der Waals surface area (Å²) in [5.41, 5.74) is -0.190. The molecule has 0 atom stereocenters. The van der Waals surface area contributed by atoms with Crippen molar-refractivity contribution in [2.24, 2.45) is 0 Å². The van der Waals surface area contributed by atoms with Crippen molar-refractivity contribution in [2.45, 2.75) is 0 Å². The van der Waals surface area contributed by atoms with Gasteiger partial charge in [-0.3, -0.25) is 4.79 Å². The number of rotatable bonds is 3. The zero-order valence-corrected chi connectivity index (χ0v) is 9.27. The van der Waals surface area contributed by atoms with Crippen molar-refractivity contribution in [3.63, 3.8) is 0 Å². The Balaban J connectivity index is 2.78. The molecule has 1 aromatic carbocycles. The van der Waals surface area contributed by atoms with Crippen molar-refractivity contribution in [3.8, 4) is 0 Å². The van der Waals surface area contributed by atoms with Gasteiger partial charge in [-0.2, -0.15) is 0 Å². The van der Waals surface area contributed by atoms with E-state index in [1.165, 1.54) is 0 Å². The number of carbonyl (C=O) groups is 1. The highest BCUT2D eigenvalue weighted by Gasteiger charge is 2.11. The Morgan fingerprint density at radius 3 is 2.67 bits per heavy atom. The van der Waals surface area contributed by atoms with Crippen LogP contribution in [0.4, 0.5) is 8.78 Å². The van der Waals surface area contributed by atoms with Crippen molar-refractivity contribution in [3.05, 3.63) is 46.5 Å². The molecule has 15 heavy (non-hydrogen) atoms. The van der Waals surface area contributed by atoms with E-state index in [-0.39, 0.29) is 12.1 Å². The summed E-state index contributed by atoms with van der Waals surface area (Å²) >= 11 is 3.04. The summed E-state index contributed by atoms with van der Waals surface area (Å²) in [7, 11) is 0. The molecule has 0 unspecified atom stereocenters. The van der Waals surface area contributed by atoms with Crippen LogP contribution in [0, 0.1) is 11.6 Å². The largest absolute Gasteiger partial charge is 0.347 e. The normalized spacial score (nSPS) is 9.80. The number of benzene rings is 1. The highest BCUT2D eigenvalue weighted by Crippen LogP contribution is 2.09. The number of hydrogen-bond donors (Lipinski definition) is 1. The zero-order chi connectivity index (χ0) is 11.4. The molecule has 80 valence electrons. The van der Waals surface area contributed by atoms with E-state index < -0.39 is 17.5 Å². The van der Waals surface area contributed by atoms with Gasteiger partial charge in [-0.15, -0.1) is 0 Å². The van der Waals surface area contributed by atoms with Gasteiger partial charge in [-0.25, -0.2) is 8.78 Å². The Hall–Kier alpha value is -1.23. The topological polar surface area (TPSA) is 29.1 Å². The molecule has 1 aromatic rings. The van der Waals surface area contributed by atoms with Crippen LogP contribution in [0.3, 0.4) is 0 Å². The SMILES string of the molecule is C=C(Br)CNC(=O)c1ccc(F)cc1F. The maximum Gasteiger partial charge on any atom is 0.254 e. The fourth-order valence-electron chi connectivity index (χ4n) is 0.945. The summed E-state index contributed by atoms with van der Waals surface area (Å²) in [5.74, 6) is -2.20. The van der Waals surface area contributed by atoms with E-state index in [4.69, 9.17) is 0 Å². The third-order valence-electron chi connectivity index (χ3n) is 1.62. The van der Waals surface area contributed by atoms with Gasteiger partial charge in [0.1, 0.15) is 11.6 Å². The average molecular weight is 276 g/mol. The standard InChI is InChI=1S/C10H8BrF2NO/c1-6(11)5-14-10(15)8-3-2-7(12)4-9(8)13/h2-4H,1,5H2,(H,14,15). The molecule has 0 spiro atoms. The Morgan fingerprint density at radius 1 is 1.47 bits per heavy atom. The van der Waals surface area contributed by atoms with Crippen LogP contribution in [0.15, 0.2) is 29.3 Å². The van der Waals surface area contributed by atoms with Gasteiger partial charge in [0.15, 0.2) is 0 Å². The molecule has 0 saturated heterocycles. The minimum absolute atomic E-state index is 0.190. The first kappa shape index (κ1) is 11.8. The van der Waals surface area contributed by atoms with Crippen molar-refractivity contribution in [1.82, 2.24) is 5.32 Å². The Morgan fingerprint density at radius 2 is 2.13 bits per heavy atom. The molecule has 0 fully saturated rings. The van der Waals surface area contributed by atoms with Gasteiger partial charge in [-0.05, 0) is 12.1 Å². The molecule has 5 heteroatoms. The second kappa shape index (κ2) is 5.02. The Bertz CT molecular complexity index is 406. The molecule has 0 heterocycles. The molecule has 0 aliphatic heterocycles. The molecular weight excluding hydrogens is 268 g/mol. The fraction of sp³-hybridized carbons (Fsp3) is 0.100. The number of halogens is 3. The first-order valence-corrected chi connectivity index (χ1v) is 4.86. The molecule has 0 saturated carbocycles. The molecule has 2 nitrogen and oxygen atoms in total. The minimum atomic E-state index is -0.882. The first-order chi connectivity index (χ1) is 7.00. The van der Waals surface area contributed by atoms with Gasteiger partial charge < -0.3 is 5.32 Å². The third kappa shape index (κ3) is 3.43. The first-order valence-electron chi connectivity index (χ1n) is 4.07. The maximum absolute atomic E-state index is 13.1. The van der Waals surface area contributed by atoms with Crippen LogP contribution in [-0.4, -0.2) is 12.5 Å². The van der Waals surface area contributed by atoms with Crippen molar-refractivity contribution in [2.75, 3.05) is 6.54 Å². The summed E-state index contributed by atoms with van der Waals surface area (Å²) < 4.78 is 26.2. The monoisotopic (exact) mass is 275 g/mol. The molecule has 1 amide bonds. The van der Waals surface area contributed by atoms with E-state index in [9.17, 15) is 13.6 Å². The van der Waals surface area contributed by atoms with Crippen molar-refractivity contribution >= 4 is 21.8 Å². The van der Waals surface area contributed by atoms with Gasteiger partial charge in [-0.1, -0.05) is 22.5 Å². The van der Waals surface area contributed by atoms with Gasteiger partial charge >= 0.3 is 0 Å². The highest BCUT2D eigenvalue weighted by molar-refractivity contribution is 9.11. The van der Waals surface area contributed by atoms with Crippen LogP contribution in [0.1, 0.15) is 10.4 Å². The van der Waals surface area contributed by atoms with Gasteiger partial charge in [0.25, 0.3) is 5.91 Å². The second-order valence-corrected chi connectivity index (χ2v) is 3.95. The van der Waals surface area contributed by atoms with Crippen LogP contribution in [0.2, 0.25) is 0 Å². The minimum Gasteiger partial charge on any atom is -0.347 e. The van der Waals surface area contributed by atoms with Gasteiger partial charge in [0.2, 0.25) is 0 Å². The average Bonchev–Trinajstić information content (AvgIpc) is 2.14. The summed E-state index contributed by atoms with van der Waals surface area (Å²) in [6.45, 7) is 3.70. The summed E-state index contributed by atoms with van der Waals surface area (Å²) in [6, 6.07) is 2.79. The fourth-order valence-corrected chi connectivity index (χ4v) is 1.09. The predicted molar refractivity (Wildman–Crippen MR) is 56.8 cm³/mol. The predicted octanol–water partition coefficient (Wildman–Crippen LogP) is 2.60. The van der Waals surface area contributed by atoms with Crippen LogP contribution in [0.25, 0.3) is 0 Å². The molecule has 0 aromatic heterocycles. The van der Waals surface area contributed by atoms with E-state index in [0.29, 0.717) is 10.5 Å². The van der Waals surface area contributed by atoms with E-state index in [0.717, 1.165) is 12.1 Å². The summed E-state index contributed by atoms with van der Waals surface area (Å²) in [6.07, 6.45) is 0. The Labute approximate surface area is 94.1 Å². The smallest absolute Gasteiger partial charge is 0.254 e. The lowest BCUT2D eigenvalue weighted by molar-refractivity contribution is 0.0953. The molecular formula is C10H8BrF2NO. The molecule has 0 bridgehead atoms. The molecule has 0 aliphatic carbocycles. The number of carbonyl (C=O) groups excluding carboxylic acids is 1. The summed E-state index contributed by atoms with van der Waals surface area (Å²) in [4.78, 5) is 11.3. The number of hydrogen-bond acceptors (Lipinski definition) is 1. The van der Waals surface area contributed by atoms with E-state index in [1.807, 2.05) is 0 Å². The van der Waals surface area contributed by atoms with Crippen molar-refractivity contribution in [1.29, 1.82) is 0 Å². The third-order valence-corrected chi connectivity index (χ3v) is 1.90. The van der Waals surface area contributed by atoms with Crippen LogP contribution < -0.4 is 5.32 Å². The van der Waals surface area contributed by atoms with Crippen molar-refractivity contribution < 1.29 is 13.6 Å². The molecule has 1 N–H and O–H groups in total. The van der Waals surface area contributed by atoms with E-state index in [2.05, 4.69) is 27.8 Å². The van der Waals surface area contributed by atoms with E-state index in [1.54, 1.807) is 0 Å². The lowest BCUT2D eigenvalue weighted by Crippen LogP contribution is -2.25. The number of amides is 1. The van der Waals surface area contributed by atoms with Crippen LogP contribution >= 0.6 is 15.9 Å². The van der Waals surface area contributed by atoms with Crippen LogP contribution in [0.5, 0.6) is 0 Å².